The zero-order valence-corrected chi connectivity index (χ0v) is 18.5. The third-order valence-corrected chi connectivity index (χ3v) is 5.68. The van der Waals surface area contributed by atoms with E-state index in [0.717, 1.165) is 42.2 Å². The van der Waals surface area contributed by atoms with Crippen LogP contribution in [0.5, 0.6) is 11.5 Å². The fourth-order valence-electron chi connectivity index (χ4n) is 3.67. The molecule has 2 aromatic carbocycles. The zero-order chi connectivity index (χ0) is 19.8. The Morgan fingerprint density at radius 2 is 1.71 bits per heavy atom. The molecule has 0 amide bonds. The summed E-state index contributed by atoms with van der Waals surface area (Å²) >= 11 is 3.63. The minimum atomic E-state index is 0.563. The summed E-state index contributed by atoms with van der Waals surface area (Å²) in [5.41, 5.74) is 2.61. The van der Waals surface area contributed by atoms with Crippen LogP contribution in [-0.4, -0.2) is 37.2 Å². The van der Waals surface area contributed by atoms with Crippen LogP contribution >= 0.6 is 15.9 Å². The molecule has 1 aliphatic rings. The number of hydrogen-bond donors (Lipinski definition) is 1. The number of benzene rings is 2. The van der Waals surface area contributed by atoms with Crippen LogP contribution in [-0.2, 0) is 13.1 Å². The maximum absolute atomic E-state index is 5.78. The summed E-state index contributed by atoms with van der Waals surface area (Å²) in [4.78, 5) is 2.55. The standard InChI is InChI=1S/C23H31BrN2O2/c1-3-27-22-15-19(14-21(24)23(22)28-4-2)16-25-20-10-12-26(13-11-20)17-18-8-6-5-7-9-18/h5-9,14-15,20,25H,3-4,10-13,16-17H2,1-2H3. The molecular formula is C23H31BrN2O2. The van der Waals surface area contributed by atoms with Gasteiger partial charge < -0.3 is 14.8 Å². The van der Waals surface area contributed by atoms with E-state index in [1.54, 1.807) is 0 Å². The fraction of sp³-hybridized carbons (Fsp3) is 0.478. The molecule has 1 N–H and O–H groups in total. The van der Waals surface area contributed by atoms with Gasteiger partial charge in [-0.3, -0.25) is 4.90 Å². The molecule has 152 valence electrons. The van der Waals surface area contributed by atoms with Gasteiger partial charge in [0.15, 0.2) is 11.5 Å². The lowest BCUT2D eigenvalue weighted by Gasteiger charge is -2.32. The third-order valence-electron chi connectivity index (χ3n) is 5.09. The summed E-state index contributed by atoms with van der Waals surface area (Å²) in [7, 11) is 0. The van der Waals surface area contributed by atoms with Crippen LogP contribution in [0.2, 0.25) is 0 Å². The summed E-state index contributed by atoms with van der Waals surface area (Å²) in [6, 6.07) is 15.5. The van der Waals surface area contributed by atoms with Crippen LogP contribution < -0.4 is 14.8 Å². The number of nitrogens with one attached hydrogen (secondary N) is 1. The fourth-order valence-corrected chi connectivity index (χ4v) is 4.27. The van der Waals surface area contributed by atoms with E-state index < -0.39 is 0 Å². The van der Waals surface area contributed by atoms with Gasteiger partial charge in [-0.25, -0.2) is 0 Å². The molecule has 0 bridgehead atoms. The van der Waals surface area contributed by atoms with Crippen LogP contribution in [0.4, 0.5) is 0 Å². The lowest BCUT2D eigenvalue weighted by atomic mass is 10.0. The largest absolute Gasteiger partial charge is 0.490 e. The first-order chi connectivity index (χ1) is 13.7. The summed E-state index contributed by atoms with van der Waals surface area (Å²) < 4.78 is 12.5. The van der Waals surface area contributed by atoms with Crippen LogP contribution in [0.1, 0.15) is 37.8 Å². The van der Waals surface area contributed by atoms with E-state index >= 15 is 0 Å². The van der Waals surface area contributed by atoms with Crippen molar-refractivity contribution in [3.05, 3.63) is 58.1 Å². The highest BCUT2D eigenvalue weighted by atomic mass is 79.9. The number of piperidine rings is 1. The van der Waals surface area contributed by atoms with E-state index in [1.807, 2.05) is 13.8 Å². The number of ether oxygens (including phenoxy) is 2. The minimum absolute atomic E-state index is 0.563. The second kappa shape index (κ2) is 10.8. The zero-order valence-electron chi connectivity index (χ0n) is 16.9. The Hall–Kier alpha value is -1.56. The molecule has 0 aliphatic carbocycles. The van der Waals surface area contributed by atoms with Crippen molar-refractivity contribution in [1.29, 1.82) is 0 Å². The Labute approximate surface area is 177 Å². The summed E-state index contributed by atoms with van der Waals surface area (Å²) in [5, 5.41) is 3.73. The molecule has 0 radical (unpaired) electrons. The van der Waals surface area contributed by atoms with Gasteiger partial charge in [0.1, 0.15) is 0 Å². The summed E-state index contributed by atoms with van der Waals surface area (Å²) in [6.45, 7) is 9.42. The van der Waals surface area contributed by atoms with Gasteiger partial charge in [0.25, 0.3) is 0 Å². The topological polar surface area (TPSA) is 33.7 Å². The highest BCUT2D eigenvalue weighted by Crippen LogP contribution is 2.37. The van der Waals surface area contributed by atoms with Gasteiger partial charge >= 0.3 is 0 Å². The minimum Gasteiger partial charge on any atom is -0.490 e. The van der Waals surface area contributed by atoms with Gasteiger partial charge in [0.2, 0.25) is 0 Å². The van der Waals surface area contributed by atoms with Gasteiger partial charge in [-0.05, 0) is 79.0 Å². The quantitative estimate of drug-likeness (QED) is 0.587. The lowest BCUT2D eigenvalue weighted by molar-refractivity contribution is 0.190. The number of likely N-dealkylation sites (tertiary alicyclic amines) is 1. The SMILES string of the molecule is CCOc1cc(CNC2CCN(Cc3ccccc3)CC2)cc(Br)c1OCC. The van der Waals surface area contributed by atoms with Crippen molar-refractivity contribution in [2.24, 2.45) is 0 Å². The first-order valence-corrected chi connectivity index (χ1v) is 11.1. The molecule has 1 aliphatic heterocycles. The molecule has 0 atom stereocenters. The summed E-state index contributed by atoms with van der Waals surface area (Å²) in [5.74, 6) is 1.61. The van der Waals surface area contributed by atoms with E-state index in [0.29, 0.717) is 19.3 Å². The second-order valence-electron chi connectivity index (χ2n) is 7.19. The van der Waals surface area contributed by atoms with E-state index in [4.69, 9.17) is 9.47 Å². The normalized spacial score (nSPS) is 15.5. The van der Waals surface area contributed by atoms with E-state index in [9.17, 15) is 0 Å². The molecule has 3 rings (SSSR count). The summed E-state index contributed by atoms with van der Waals surface area (Å²) in [6.07, 6.45) is 2.37. The smallest absolute Gasteiger partial charge is 0.175 e. The van der Waals surface area contributed by atoms with Crippen molar-refractivity contribution in [3.8, 4) is 11.5 Å². The highest BCUT2D eigenvalue weighted by Gasteiger charge is 2.19. The van der Waals surface area contributed by atoms with Crippen molar-refractivity contribution in [1.82, 2.24) is 10.2 Å². The number of hydrogen-bond acceptors (Lipinski definition) is 4. The predicted molar refractivity (Wildman–Crippen MR) is 118 cm³/mol. The first-order valence-electron chi connectivity index (χ1n) is 10.3. The second-order valence-corrected chi connectivity index (χ2v) is 8.04. The van der Waals surface area contributed by atoms with Gasteiger partial charge in [0, 0.05) is 19.1 Å². The molecule has 28 heavy (non-hydrogen) atoms. The van der Waals surface area contributed by atoms with Crippen molar-refractivity contribution in [2.45, 2.75) is 45.8 Å². The molecule has 1 heterocycles. The van der Waals surface area contributed by atoms with Crippen LogP contribution in [0.15, 0.2) is 46.9 Å². The molecule has 0 saturated carbocycles. The van der Waals surface area contributed by atoms with E-state index in [-0.39, 0.29) is 0 Å². The first kappa shape index (κ1) is 21.2. The van der Waals surface area contributed by atoms with Crippen molar-refractivity contribution >= 4 is 15.9 Å². The van der Waals surface area contributed by atoms with E-state index in [2.05, 4.69) is 68.6 Å². The molecule has 4 nitrogen and oxygen atoms in total. The average molecular weight is 447 g/mol. The Morgan fingerprint density at radius 1 is 1.00 bits per heavy atom. The Kier molecular flexibility index (Phi) is 8.19. The molecule has 0 unspecified atom stereocenters. The molecule has 0 spiro atoms. The Morgan fingerprint density at radius 3 is 2.39 bits per heavy atom. The van der Waals surface area contributed by atoms with Gasteiger partial charge in [-0.15, -0.1) is 0 Å². The maximum atomic E-state index is 5.78. The molecule has 1 saturated heterocycles. The van der Waals surface area contributed by atoms with Crippen LogP contribution in [0, 0.1) is 0 Å². The lowest BCUT2D eigenvalue weighted by Crippen LogP contribution is -2.41. The molecule has 1 fully saturated rings. The number of nitrogens with zero attached hydrogens (tertiary/aromatic N) is 1. The maximum Gasteiger partial charge on any atom is 0.175 e. The Bertz CT molecular complexity index is 731. The monoisotopic (exact) mass is 446 g/mol. The molecule has 0 aromatic heterocycles. The van der Waals surface area contributed by atoms with Crippen molar-refractivity contribution in [3.63, 3.8) is 0 Å². The average Bonchev–Trinajstić information content (AvgIpc) is 2.71. The molecule has 5 heteroatoms. The third kappa shape index (κ3) is 5.97. The van der Waals surface area contributed by atoms with Crippen molar-refractivity contribution in [2.75, 3.05) is 26.3 Å². The van der Waals surface area contributed by atoms with Gasteiger partial charge in [-0.1, -0.05) is 30.3 Å². The molecule has 2 aromatic rings. The van der Waals surface area contributed by atoms with E-state index in [1.165, 1.54) is 24.0 Å². The van der Waals surface area contributed by atoms with Crippen molar-refractivity contribution < 1.29 is 9.47 Å². The number of halogens is 1. The van der Waals surface area contributed by atoms with Crippen LogP contribution in [0.25, 0.3) is 0 Å². The van der Waals surface area contributed by atoms with Gasteiger partial charge in [0.05, 0.1) is 17.7 Å². The molecular weight excluding hydrogens is 416 g/mol. The number of rotatable bonds is 9. The Balaban J connectivity index is 1.51. The van der Waals surface area contributed by atoms with Gasteiger partial charge in [-0.2, -0.15) is 0 Å². The van der Waals surface area contributed by atoms with Crippen LogP contribution in [0.3, 0.4) is 0 Å². The highest BCUT2D eigenvalue weighted by molar-refractivity contribution is 9.10. The predicted octanol–water partition coefficient (Wildman–Crippen LogP) is 5.00.